The summed E-state index contributed by atoms with van der Waals surface area (Å²) in [6.07, 6.45) is -1.36. The van der Waals surface area contributed by atoms with Crippen molar-refractivity contribution in [2.24, 2.45) is 5.92 Å². The lowest BCUT2D eigenvalue weighted by Crippen LogP contribution is -2.42. The summed E-state index contributed by atoms with van der Waals surface area (Å²) < 4.78 is 44.0. The summed E-state index contributed by atoms with van der Waals surface area (Å²) in [7, 11) is 3.38. The molecule has 1 amide bonds. The van der Waals surface area contributed by atoms with E-state index >= 15 is 0 Å². The third-order valence-electron chi connectivity index (χ3n) is 4.60. The van der Waals surface area contributed by atoms with Gasteiger partial charge in [-0.25, -0.2) is 0 Å². The molecular weight excluding hydrogens is 297 g/mol. The predicted molar refractivity (Wildman–Crippen MR) is 76.4 cm³/mol. The zero-order valence-corrected chi connectivity index (χ0v) is 13.2. The molecule has 0 spiro atoms. The monoisotopic (exact) mass is 322 g/mol. The van der Waals surface area contributed by atoms with Crippen molar-refractivity contribution in [2.45, 2.75) is 63.0 Å². The second kappa shape index (κ2) is 7.17. The fraction of sp³-hybridized carbons (Fsp3) is 0.933. The van der Waals surface area contributed by atoms with Gasteiger partial charge >= 0.3 is 6.18 Å². The molecule has 4 unspecified atom stereocenters. The van der Waals surface area contributed by atoms with Crippen molar-refractivity contribution in [1.82, 2.24) is 10.2 Å². The lowest BCUT2D eigenvalue weighted by molar-refractivity contribution is -0.183. The maximum atomic E-state index is 12.8. The van der Waals surface area contributed by atoms with Crippen LogP contribution in [0, 0.1) is 5.92 Å². The van der Waals surface area contributed by atoms with E-state index < -0.39 is 18.2 Å². The van der Waals surface area contributed by atoms with Crippen LogP contribution in [0.15, 0.2) is 0 Å². The van der Waals surface area contributed by atoms with Crippen molar-refractivity contribution in [1.29, 1.82) is 0 Å². The summed E-state index contributed by atoms with van der Waals surface area (Å²) in [4.78, 5) is 13.3. The first-order valence-electron chi connectivity index (χ1n) is 7.94. The number of carbonyl (C=O) groups excluding carboxylic acids is 1. The number of nitrogens with zero attached hydrogens (tertiary/aromatic N) is 1. The van der Waals surface area contributed by atoms with Crippen LogP contribution in [0.4, 0.5) is 13.2 Å². The Morgan fingerprint density at radius 3 is 2.59 bits per heavy atom. The van der Waals surface area contributed by atoms with E-state index in [4.69, 9.17) is 4.74 Å². The number of hydrogen-bond acceptors (Lipinski definition) is 3. The van der Waals surface area contributed by atoms with Gasteiger partial charge in [0.25, 0.3) is 5.91 Å². The summed E-state index contributed by atoms with van der Waals surface area (Å²) in [5.41, 5.74) is 0. The van der Waals surface area contributed by atoms with E-state index in [2.05, 4.69) is 5.32 Å². The van der Waals surface area contributed by atoms with Gasteiger partial charge in [0.05, 0.1) is 12.0 Å². The van der Waals surface area contributed by atoms with E-state index in [0.717, 1.165) is 12.8 Å². The highest BCUT2D eigenvalue weighted by molar-refractivity contribution is 5.80. The molecule has 128 valence electrons. The van der Waals surface area contributed by atoms with Crippen LogP contribution >= 0.6 is 0 Å². The van der Waals surface area contributed by atoms with E-state index in [1.54, 1.807) is 14.1 Å². The number of nitrogens with one attached hydrogen (secondary N) is 1. The van der Waals surface area contributed by atoms with Crippen LogP contribution in [0.1, 0.15) is 38.5 Å². The number of amides is 1. The van der Waals surface area contributed by atoms with Crippen LogP contribution in [0.5, 0.6) is 0 Å². The molecule has 0 aromatic heterocycles. The van der Waals surface area contributed by atoms with Crippen LogP contribution in [-0.4, -0.2) is 55.9 Å². The molecule has 2 rings (SSSR count). The Morgan fingerprint density at radius 2 is 1.95 bits per heavy atom. The molecule has 2 fully saturated rings. The lowest BCUT2D eigenvalue weighted by atomic mass is 9.85. The molecule has 1 heterocycles. The van der Waals surface area contributed by atoms with Crippen molar-refractivity contribution < 1.29 is 22.7 Å². The van der Waals surface area contributed by atoms with Gasteiger partial charge < -0.3 is 15.0 Å². The predicted octanol–water partition coefficient (Wildman–Crippen LogP) is 2.33. The Kier molecular flexibility index (Phi) is 5.71. The Bertz CT molecular complexity index is 387. The second-order valence-corrected chi connectivity index (χ2v) is 6.57. The topological polar surface area (TPSA) is 41.6 Å². The number of alkyl halides is 3. The molecule has 2 aliphatic rings. The quantitative estimate of drug-likeness (QED) is 0.864. The lowest BCUT2D eigenvalue weighted by Gasteiger charge is -2.31. The maximum absolute atomic E-state index is 12.8. The summed E-state index contributed by atoms with van der Waals surface area (Å²) in [5, 5.41) is 3.20. The first-order valence-corrected chi connectivity index (χ1v) is 7.94. The van der Waals surface area contributed by atoms with Gasteiger partial charge in [-0.3, -0.25) is 4.79 Å². The molecule has 22 heavy (non-hydrogen) atoms. The van der Waals surface area contributed by atoms with Crippen molar-refractivity contribution in [3.63, 3.8) is 0 Å². The molecule has 1 aliphatic carbocycles. The minimum Gasteiger partial charge on any atom is -0.364 e. The SMILES string of the molecule is CN(C)C(=O)C1CCC(CNC2CCCC(C(F)(F)F)C2)O1. The van der Waals surface area contributed by atoms with E-state index in [1.165, 1.54) is 4.90 Å². The van der Waals surface area contributed by atoms with Gasteiger partial charge in [0.1, 0.15) is 6.10 Å². The summed E-state index contributed by atoms with van der Waals surface area (Å²) in [6.45, 7) is 0.520. The fourth-order valence-electron chi connectivity index (χ4n) is 3.30. The largest absolute Gasteiger partial charge is 0.391 e. The molecule has 1 saturated heterocycles. The van der Waals surface area contributed by atoms with Gasteiger partial charge in [-0.2, -0.15) is 13.2 Å². The molecule has 4 nitrogen and oxygen atoms in total. The van der Waals surface area contributed by atoms with Crippen LogP contribution in [0.2, 0.25) is 0 Å². The van der Waals surface area contributed by atoms with Gasteiger partial charge in [0.2, 0.25) is 0 Å². The number of carbonyl (C=O) groups is 1. The van der Waals surface area contributed by atoms with Crippen LogP contribution in [0.25, 0.3) is 0 Å². The highest BCUT2D eigenvalue weighted by atomic mass is 19.4. The van der Waals surface area contributed by atoms with Crippen molar-refractivity contribution in [2.75, 3.05) is 20.6 Å². The van der Waals surface area contributed by atoms with Crippen LogP contribution in [-0.2, 0) is 9.53 Å². The number of halogens is 3. The molecule has 1 N–H and O–H groups in total. The number of likely N-dealkylation sites (N-methyl/N-ethyl adjacent to an activating group) is 1. The normalized spacial score (nSPS) is 33.0. The summed E-state index contributed by atoms with van der Waals surface area (Å²) in [6, 6.07) is -0.104. The second-order valence-electron chi connectivity index (χ2n) is 6.57. The van der Waals surface area contributed by atoms with Crippen LogP contribution < -0.4 is 5.32 Å². The Balaban J connectivity index is 1.74. The minimum absolute atomic E-state index is 0.0442. The molecule has 0 radical (unpaired) electrons. The summed E-state index contributed by atoms with van der Waals surface area (Å²) >= 11 is 0. The van der Waals surface area contributed by atoms with E-state index in [9.17, 15) is 18.0 Å². The van der Waals surface area contributed by atoms with Crippen LogP contribution in [0.3, 0.4) is 0 Å². The first kappa shape index (κ1) is 17.5. The number of ether oxygens (including phenoxy) is 1. The highest BCUT2D eigenvalue weighted by Gasteiger charge is 2.42. The Labute approximate surface area is 129 Å². The standard InChI is InChI=1S/C15H25F3N2O2/c1-20(2)14(21)13-7-6-12(22-13)9-19-11-5-3-4-10(8-11)15(16,17)18/h10-13,19H,3-9H2,1-2H3. The van der Waals surface area contributed by atoms with E-state index in [0.29, 0.717) is 19.4 Å². The third-order valence-corrected chi connectivity index (χ3v) is 4.60. The molecule has 7 heteroatoms. The first-order chi connectivity index (χ1) is 10.3. The summed E-state index contributed by atoms with van der Waals surface area (Å²) in [5.74, 6) is -1.23. The molecule has 4 atom stereocenters. The highest BCUT2D eigenvalue weighted by Crippen LogP contribution is 2.37. The van der Waals surface area contributed by atoms with Gasteiger partial charge in [0.15, 0.2) is 0 Å². The molecule has 0 aromatic rings. The average Bonchev–Trinajstić information content (AvgIpc) is 2.92. The fourth-order valence-corrected chi connectivity index (χ4v) is 3.30. The third kappa shape index (κ3) is 4.59. The molecular formula is C15H25F3N2O2. The average molecular weight is 322 g/mol. The molecule has 0 aromatic carbocycles. The van der Waals surface area contributed by atoms with E-state index in [1.807, 2.05) is 0 Å². The molecule has 0 bridgehead atoms. The zero-order valence-electron chi connectivity index (χ0n) is 13.2. The number of hydrogen-bond donors (Lipinski definition) is 1. The molecule has 1 aliphatic heterocycles. The van der Waals surface area contributed by atoms with Gasteiger partial charge in [-0.1, -0.05) is 6.42 Å². The minimum atomic E-state index is -4.09. The Morgan fingerprint density at radius 1 is 1.23 bits per heavy atom. The molecule has 1 saturated carbocycles. The van der Waals surface area contributed by atoms with Gasteiger partial charge in [-0.15, -0.1) is 0 Å². The van der Waals surface area contributed by atoms with Gasteiger partial charge in [-0.05, 0) is 32.1 Å². The smallest absolute Gasteiger partial charge is 0.364 e. The van der Waals surface area contributed by atoms with Crippen molar-refractivity contribution in [3.05, 3.63) is 0 Å². The zero-order chi connectivity index (χ0) is 16.3. The van der Waals surface area contributed by atoms with Crippen molar-refractivity contribution in [3.8, 4) is 0 Å². The van der Waals surface area contributed by atoms with Crippen molar-refractivity contribution >= 4 is 5.91 Å². The van der Waals surface area contributed by atoms with E-state index in [-0.39, 0.29) is 30.9 Å². The maximum Gasteiger partial charge on any atom is 0.391 e. The Hall–Kier alpha value is -0.820. The number of rotatable bonds is 4. The van der Waals surface area contributed by atoms with Gasteiger partial charge in [0, 0.05) is 26.7 Å².